The average molecular weight is 240 g/mol. The van der Waals surface area contributed by atoms with Crippen LogP contribution in [0.5, 0.6) is 0 Å². The number of rotatable bonds is 7. The third-order valence-corrected chi connectivity index (χ3v) is 3.17. The van der Waals surface area contributed by atoms with Gasteiger partial charge in [-0.15, -0.1) is 0 Å². The highest BCUT2D eigenvalue weighted by Gasteiger charge is 2.03. The van der Waals surface area contributed by atoms with Gasteiger partial charge in [-0.1, -0.05) is 37.6 Å². The van der Waals surface area contributed by atoms with Crippen LogP contribution in [0.25, 0.3) is 0 Å². The van der Waals surface area contributed by atoms with Crippen LogP contribution in [0.2, 0.25) is 5.02 Å². The molecular formula is C14H22ClN. The highest BCUT2D eigenvalue weighted by atomic mass is 35.5. The molecule has 2 heteroatoms. The molecule has 0 radical (unpaired) electrons. The topological polar surface area (TPSA) is 12.0 Å². The summed E-state index contributed by atoms with van der Waals surface area (Å²) >= 11 is 5.85. The first-order valence-electron chi connectivity index (χ1n) is 6.24. The van der Waals surface area contributed by atoms with Crippen LogP contribution in [0.15, 0.2) is 24.3 Å². The Hall–Kier alpha value is -0.530. The molecule has 0 aliphatic heterocycles. The van der Waals surface area contributed by atoms with E-state index in [9.17, 15) is 0 Å². The molecule has 1 rings (SSSR count). The van der Waals surface area contributed by atoms with Crippen LogP contribution < -0.4 is 5.32 Å². The first kappa shape index (κ1) is 13.5. The van der Waals surface area contributed by atoms with Crippen LogP contribution >= 0.6 is 11.6 Å². The van der Waals surface area contributed by atoms with Crippen LogP contribution in [0.1, 0.15) is 38.7 Å². The Labute approximate surface area is 104 Å². The van der Waals surface area contributed by atoms with E-state index in [1.165, 1.54) is 24.8 Å². The van der Waals surface area contributed by atoms with Gasteiger partial charge < -0.3 is 5.32 Å². The van der Waals surface area contributed by atoms with Crippen molar-refractivity contribution in [3.63, 3.8) is 0 Å². The molecule has 0 saturated heterocycles. The second-order valence-electron chi connectivity index (χ2n) is 4.18. The zero-order chi connectivity index (χ0) is 11.8. The van der Waals surface area contributed by atoms with Gasteiger partial charge >= 0.3 is 0 Å². The zero-order valence-corrected chi connectivity index (χ0v) is 11.1. The SMILES string of the molecule is CCNC(CC)CCCc1ccc(Cl)cc1. The molecular weight excluding hydrogens is 218 g/mol. The number of hydrogen-bond donors (Lipinski definition) is 1. The normalized spacial score (nSPS) is 12.7. The highest BCUT2D eigenvalue weighted by molar-refractivity contribution is 6.30. The Balaban J connectivity index is 2.26. The van der Waals surface area contributed by atoms with E-state index in [0.29, 0.717) is 6.04 Å². The summed E-state index contributed by atoms with van der Waals surface area (Å²) in [5.41, 5.74) is 1.38. The van der Waals surface area contributed by atoms with E-state index in [-0.39, 0.29) is 0 Å². The molecule has 0 saturated carbocycles. The van der Waals surface area contributed by atoms with E-state index >= 15 is 0 Å². The Morgan fingerprint density at radius 1 is 1.19 bits per heavy atom. The first-order valence-corrected chi connectivity index (χ1v) is 6.61. The van der Waals surface area contributed by atoms with Gasteiger partial charge in [-0.25, -0.2) is 0 Å². The molecule has 1 aromatic carbocycles. The summed E-state index contributed by atoms with van der Waals surface area (Å²) in [6.45, 7) is 5.48. The summed E-state index contributed by atoms with van der Waals surface area (Å²) < 4.78 is 0. The van der Waals surface area contributed by atoms with Crippen molar-refractivity contribution < 1.29 is 0 Å². The lowest BCUT2D eigenvalue weighted by Gasteiger charge is -2.15. The van der Waals surface area contributed by atoms with Crippen molar-refractivity contribution in [1.29, 1.82) is 0 Å². The molecule has 0 aliphatic carbocycles. The van der Waals surface area contributed by atoms with Gasteiger partial charge in [0, 0.05) is 11.1 Å². The summed E-state index contributed by atoms with van der Waals surface area (Å²) in [5, 5.41) is 4.33. The molecule has 1 N–H and O–H groups in total. The number of benzene rings is 1. The van der Waals surface area contributed by atoms with E-state index < -0.39 is 0 Å². The summed E-state index contributed by atoms with van der Waals surface area (Å²) in [6.07, 6.45) is 4.87. The van der Waals surface area contributed by atoms with E-state index in [1.807, 2.05) is 12.1 Å². The van der Waals surface area contributed by atoms with E-state index in [0.717, 1.165) is 18.0 Å². The molecule has 1 aromatic rings. The minimum Gasteiger partial charge on any atom is -0.314 e. The Morgan fingerprint density at radius 2 is 1.88 bits per heavy atom. The molecule has 0 fully saturated rings. The second kappa shape index (κ2) is 7.70. The van der Waals surface area contributed by atoms with Crippen molar-refractivity contribution in [2.24, 2.45) is 0 Å². The minimum atomic E-state index is 0.678. The fraction of sp³-hybridized carbons (Fsp3) is 0.571. The first-order chi connectivity index (χ1) is 7.76. The maximum atomic E-state index is 5.85. The molecule has 1 unspecified atom stereocenters. The third-order valence-electron chi connectivity index (χ3n) is 2.92. The second-order valence-corrected chi connectivity index (χ2v) is 4.62. The smallest absolute Gasteiger partial charge is 0.0406 e. The van der Waals surface area contributed by atoms with Crippen molar-refractivity contribution in [1.82, 2.24) is 5.32 Å². The minimum absolute atomic E-state index is 0.678. The lowest BCUT2D eigenvalue weighted by Crippen LogP contribution is -2.27. The van der Waals surface area contributed by atoms with E-state index in [1.54, 1.807) is 0 Å². The predicted octanol–water partition coefficient (Wildman–Crippen LogP) is 4.05. The molecule has 90 valence electrons. The largest absolute Gasteiger partial charge is 0.314 e. The fourth-order valence-corrected chi connectivity index (χ4v) is 2.07. The molecule has 0 spiro atoms. The summed E-state index contributed by atoms with van der Waals surface area (Å²) in [7, 11) is 0. The maximum Gasteiger partial charge on any atom is 0.0406 e. The van der Waals surface area contributed by atoms with Crippen molar-refractivity contribution in [3.05, 3.63) is 34.9 Å². The molecule has 0 bridgehead atoms. The Morgan fingerprint density at radius 3 is 2.44 bits per heavy atom. The van der Waals surface area contributed by atoms with Crippen LogP contribution in [0.4, 0.5) is 0 Å². The van der Waals surface area contributed by atoms with Crippen molar-refractivity contribution in [2.75, 3.05) is 6.54 Å². The van der Waals surface area contributed by atoms with E-state index in [4.69, 9.17) is 11.6 Å². The lowest BCUT2D eigenvalue weighted by molar-refractivity contribution is 0.467. The lowest BCUT2D eigenvalue weighted by atomic mass is 10.0. The number of halogens is 1. The summed E-state index contributed by atoms with van der Waals surface area (Å²) in [4.78, 5) is 0. The van der Waals surface area contributed by atoms with Gasteiger partial charge in [0.15, 0.2) is 0 Å². The maximum absolute atomic E-state index is 5.85. The highest BCUT2D eigenvalue weighted by Crippen LogP contribution is 2.12. The van der Waals surface area contributed by atoms with Gasteiger partial charge in [-0.3, -0.25) is 0 Å². The van der Waals surface area contributed by atoms with Gasteiger partial charge in [0.1, 0.15) is 0 Å². The van der Waals surface area contributed by atoms with Gasteiger partial charge in [0.05, 0.1) is 0 Å². The van der Waals surface area contributed by atoms with Crippen LogP contribution in [-0.2, 0) is 6.42 Å². The van der Waals surface area contributed by atoms with Gasteiger partial charge in [-0.2, -0.15) is 0 Å². The predicted molar refractivity (Wildman–Crippen MR) is 72.1 cm³/mol. The van der Waals surface area contributed by atoms with Crippen LogP contribution in [0, 0.1) is 0 Å². The quantitative estimate of drug-likeness (QED) is 0.757. The number of aryl methyl sites for hydroxylation is 1. The van der Waals surface area contributed by atoms with E-state index in [2.05, 4.69) is 31.3 Å². The molecule has 0 aromatic heterocycles. The average Bonchev–Trinajstić information content (AvgIpc) is 2.30. The van der Waals surface area contributed by atoms with Gasteiger partial charge in [-0.05, 0) is 49.9 Å². The Kier molecular flexibility index (Phi) is 6.51. The summed E-state index contributed by atoms with van der Waals surface area (Å²) in [5.74, 6) is 0. The number of hydrogen-bond acceptors (Lipinski definition) is 1. The van der Waals surface area contributed by atoms with Crippen LogP contribution in [-0.4, -0.2) is 12.6 Å². The Bertz CT molecular complexity index is 281. The number of nitrogens with one attached hydrogen (secondary N) is 1. The summed E-state index contributed by atoms with van der Waals surface area (Å²) in [6, 6.07) is 8.86. The van der Waals surface area contributed by atoms with Crippen molar-refractivity contribution in [3.8, 4) is 0 Å². The fourth-order valence-electron chi connectivity index (χ4n) is 1.94. The van der Waals surface area contributed by atoms with Gasteiger partial charge in [0.2, 0.25) is 0 Å². The van der Waals surface area contributed by atoms with Crippen molar-refractivity contribution in [2.45, 2.75) is 45.6 Å². The molecule has 16 heavy (non-hydrogen) atoms. The molecule has 0 aliphatic rings. The van der Waals surface area contributed by atoms with Crippen LogP contribution in [0.3, 0.4) is 0 Å². The van der Waals surface area contributed by atoms with Gasteiger partial charge in [0.25, 0.3) is 0 Å². The molecule has 1 atom stereocenters. The zero-order valence-electron chi connectivity index (χ0n) is 10.3. The molecule has 1 nitrogen and oxygen atoms in total. The standard InChI is InChI=1S/C14H22ClN/c1-3-14(16-4-2)7-5-6-12-8-10-13(15)11-9-12/h8-11,14,16H,3-7H2,1-2H3. The molecule has 0 heterocycles. The monoisotopic (exact) mass is 239 g/mol. The molecule has 0 amide bonds. The van der Waals surface area contributed by atoms with Crippen molar-refractivity contribution >= 4 is 11.6 Å². The third kappa shape index (κ3) is 5.00.